The van der Waals surface area contributed by atoms with Gasteiger partial charge >= 0.3 is 6.03 Å². The van der Waals surface area contributed by atoms with Crippen LogP contribution in [0, 0.1) is 12.8 Å². The van der Waals surface area contributed by atoms with Gasteiger partial charge in [0.25, 0.3) is 5.91 Å². The lowest BCUT2D eigenvalue weighted by Crippen LogP contribution is -2.49. The summed E-state index contributed by atoms with van der Waals surface area (Å²) < 4.78 is 0. The first kappa shape index (κ1) is 15.9. The van der Waals surface area contributed by atoms with Crippen LogP contribution in [0.15, 0.2) is 29.4 Å². The van der Waals surface area contributed by atoms with Crippen molar-refractivity contribution in [1.82, 2.24) is 15.3 Å². The van der Waals surface area contributed by atoms with Crippen LogP contribution in [0.25, 0.3) is 10.9 Å². The number of carbonyl (C=O) groups is 2. The maximum Gasteiger partial charge on any atom is 0.346 e. The fourth-order valence-corrected chi connectivity index (χ4v) is 3.88. The lowest BCUT2D eigenvalue weighted by Gasteiger charge is -2.33. The molecule has 2 aromatic rings. The van der Waals surface area contributed by atoms with Crippen LogP contribution in [0.1, 0.15) is 43.9 Å². The highest BCUT2D eigenvalue weighted by atomic mass is 16.2. The molecule has 2 aliphatic rings. The number of aromatic amines is 1. The maximum absolute atomic E-state index is 12.8. The Balaban J connectivity index is 1.62. The third-order valence-electron chi connectivity index (χ3n) is 5.51. The monoisotopic (exact) mass is 338 g/mol. The van der Waals surface area contributed by atoms with Gasteiger partial charge in [-0.3, -0.25) is 4.79 Å². The molecular formula is C19H22N4O2. The van der Waals surface area contributed by atoms with E-state index in [1.165, 1.54) is 0 Å². The van der Waals surface area contributed by atoms with Crippen LogP contribution in [0.4, 0.5) is 4.79 Å². The zero-order valence-corrected chi connectivity index (χ0v) is 14.5. The molecule has 1 saturated heterocycles. The van der Waals surface area contributed by atoms with Gasteiger partial charge in [0.05, 0.1) is 6.21 Å². The number of fused-ring (bicyclic) bond motifs is 1. The normalized spacial score (nSPS) is 27.0. The molecule has 25 heavy (non-hydrogen) atoms. The summed E-state index contributed by atoms with van der Waals surface area (Å²) in [6.45, 7) is 4.14. The van der Waals surface area contributed by atoms with E-state index in [1.807, 2.05) is 31.2 Å². The van der Waals surface area contributed by atoms with Gasteiger partial charge in [0, 0.05) is 22.2 Å². The van der Waals surface area contributed by atoms with Gasteiger partial charge < -0.3 is 10.3 Å². The molecule has 1 aliphatic carbocycles. The standard InChI is InChI=1S/C19H22N4O2/c1-12-7-9-19(10-8-12)17(24)23(18(25)22-19)20-11-15-13(2)21-16-6-4-3-5-14(15)16/h3-6,11-12,21H,7-10H2,1-2H3,(H,22,25)/b20-11+. The number of nitrogens with one attached hydrogen (secondary N) is 2. The second-order valence-electron chi connectivity index (χ2n) is 7.27. The summed E-state index contributed by atoms with van der Waals surface area (Å²) >= 11 is 0. The lowest BCUT2D eigenvalue weighted by atomic mass is 9.77. The highest BCUT2D eigenvalue weighted by molar-refractivity contribution is 6.08. The van der Waals surface area contributed by atoms with E-state index in [4.69, 9.17) is 0 Å². The number of urea groups is 1. The molecule has 130 valence electrons. The van der Waals surface area contributed by atoms with Gasteiger partial charge in [-0.1, -0.05) is 25.1 Å². The summed E-state index contributed by atoms with van der Waals surface area (Å²) in [5.74, 6) is 0.375. The number of benzene rings is 1. The zero-order valence-electron chi connectivity index (χ0n) is 14.5. The van der Waals surface area contributed by atoms with E-state index in [2.05, 4.69) is 22.3 Å². The topological polar surface area (TPSA) is 77.6 Å². The zero-order chi connectivity index (χ0) is 17.6. The molecule has 1 spiro atoms. The van der Waals surface area contributed by atoms with Crippen molar-refractivity contribution < 1.29 is 9.59 Å². The first-order valence-corrected chi connectivity index (χ1v) is 8.78. The Labute approximate surface area is 146 Å². The fraction of sp³-hybridized carbons (Fsp3) is 0.421. The van der Waals surface area contributed by atoms with Crippen molar-refractivity contribution in [3.63, 3.8) is 0 Å². The van der Waals surface area contributed by atoms with Crippen LogP contribution < -0.4 is 5.32 Å². The number of rotatable bonds is 2. The van der Waals surface area contributed by atoms with Crippen molar-refractivity contribution in [3.05, 3.63) is 35.5 Å². The number of nitrogens with zero attached hydrogens (tertiary/aromatic N) is 2. The molecule has 6 nitrogen and oxygen atoms in total. The van der Waals surface area contributed by atoms with Crippen molar-refractivity contribution in [2.24, 2.45) is 11.0 Å². The molecule has 1 aliphatic heterocycles. The summed E-state index contributed by atoms with van der Waals surface area (Å²) in [6, 6.07) is 7.48. The van der Waals surface area contributed by atoms with Gasteiger partial charge in [-0.25, -0.2) is 4.79 Å². The molecule has 0 atom stereocenters. The maximum atomic E-state index is 12.8. The molecule has 0 radical (unpaired) electrons. The van der Waals surface area contributed by atoms with Crippen LogP contribution in [0.5, 0.6) is 0 Å². The highest BCUT2D eigenvalue weighted by Gasteiger charge is 2.52. The Morgan fingerprint density at radius 2 is 1.96 bits per heavy atom. The van der Waals surface area contributed by atoms with Gasteiger partial charge in [0.1, 0.15) is 5.54 Å². The largest absolute Gasteiger partial charge is 0.358 e. The predicted octanol–water partition coefficient (Wildman–Crippen LogP) is 3.31. The Morgan fingerprint density at radius 3 is 2.72 bits per heavy atom. The third kappa shape index (κ3) is 2.52. The molecule has 2 N–H and O–H groups in total. The number of hydrazone groups is 1. The SMILES string of the molecule is Cc1[nH]c2ccccc2c1/C=N/N1C(=O)NC2(CCC(C)CC2)C1=O. The van der Waals surface area contributed by atoms with Crippen LogP contribution in [0.3, 0.4) is 0 Å². The molecule has 1 aromatic carbocycles. The Kier molecular flexibility index (Phi) is 3.63. The number of hydrogen-bond donors (Lipinski definition) is 2. The summed E-state index contributed by atoms with van der Waals surface area (Å²) in [5, 5.41) is 9.14. The number of carbonyl (C=O) groups excluding carboxylic acids is 2. The minimum atomic E-state index is -0.754. The first-order valence-electron chi connectivity index (χ1n) is 8.78. The second kappa shape index (κ2) is 5.72. The van der Waals surface area contributed by atoms with Crippen molar-refractivity contribution in [3.8, 4) is 0 Å². The molecule has 3 amide bonds. The molecule has 1 saturated carbocycles. The quantitative estimate of drug-likeness (QED) is 0.651. The second-order valence-corrected chi connectivity index (χ2v) is 7.27. The molecular weight excluding hydrogens is 316 g/mol. The van der Waals surface area contributed by atoms with Gasteiger partial charge in [0.15, 0.2) is 0 Å². The number of H-pyrrole nitrogens is 1. The predicted molar refractivity (Wildman–Crippen MR) is 96.4 cm³/mol. The average Bonchev–Trinajstić information content (AvgIpc) is 3.03. The summed E-state index contributed by atoms with van der Waals surface area (Å²) in [6.07, 6.45) is 4.89. The van der Waals surface area contributed by atoms with Crippen LogP contribution >= 0.6 is 0 Å². The molecule has 2 heterocycles. The van der Waals surface area contributed by atoms with Crippen LogP contribution in [-0.2, 0) is 4.79 Å². The van der Waals surface area contributed by atoms with Crippen molar-refractivity contribution in [1.29, 1.82) is 0 Å². The number of aryl methyl sites for hydroxylation is 1. The number of hydrogen-bond acceptors (Lipinski definition) is 3. The number of aromatic nitrogens is 1. The van der Waals surface area contributed by atoms with E-state index < -0.39 is 11.6 Å². The average molecular weight is 338 g/mol. The van der Waals surface area contributed by atoms with Crippen molar-refractivity contribution in [2.75, 3.05) is 0 Å². The molecule has 6 heteroatoms. The van der Waals surface area contributed by atoms with E-state index in [-0.39, 0.29) is 5.91 Å². The van der Waals surface area contributed by atoms with E-state index in [1.54, 1.807) is 6.21 Å². The Hall–Kier alpha value is -2.63. The fourth-order valence-electron chi connectivity index (χ4n) is 3.88. The van der Waals surface area contributed by atoms with Gasteiger partial charge in [-0.2, -0.15) is 5.10 Å². The van der Waals surface area contributed by atoms with E-state index in [0.717, 1.165) is 40.0 Å². The number of para-hydroxylation sites is 1. The number of amides is 3. The van der Waals surface area contributed by atoms with Gasteiger partial charge in [-0.05, 0) is 44.6 Å². The van der Waals surface area contributed by atoms with E-state index in [0.29, 0.717) is 18.8 Å². The minimum absolute atomic E-state index is 0.224. The molecule has 4 rings (SSSR count). The van der Waals surface area contributed by atoms with Crippen LogP contribution in [-0.4, -0.2) is 33.7 Å². The third-order valence-corrected chi connectivity index (χ3v) is 5.51. The summed E-state index contributed by atoms with van der Waals surface area (Å²) in [4.78, 5) is 28.4. The smallest absolute Gasteiger partial charge is 0.346 e. The molecule has 1 aromatic heterocycles. The Morgan fingerprint density at radius 1 is 1.24 bits per heavy atom. The summed E-state index contributed by atoms with van der Waals surface area (Å²) in [5.41, 5.74) is 2.11. The van der Waals surface area contributed by atoms with Gasteiger partial charge in [0.2, 0.25) is 0 Å². The molecule has 0 unspecified atom stereocenters. The van der Waals surface area contributed by atoms with Crippen molar-refractivity contribution >= 4 is 29.1 Å². The van der Waals surface area contributed by atoms with E-state index >= 15 is 0 Å². The van der Waals surface area contributed by atoms with E-state index in [9.17, 15) is 9.59 Å². The minimum Gasteiger partial charge on any atom is -0.358 e. The molecule has 2 fully saturated rings. The first-order chi connectivity index (χ1) is 12.0. The van der Waals surface area contributed by atoms with Crippen LogP contribution in [0.2, 0.25) is 0 Å². The van der Waals surface area contributed by atoms with Crippen molar-refractivity contribution in [2.45, 2.75) is 45.1 Å². The molecule has 0 bridgehead atoms. The van der Waals surface area contributed by atoms with Gasteiger partial charge in [-0.15, -0.1) is 5.01 Å². The highest BCUT2D eigenvalue weighted by Crippen LogP contribution is 2.36. The lowest BCUT2D eigenvalue weighted by molar-refractivity contribution is -0.132. The number of imide groups is 1. The summed E-state index contributed by atoms with van der Waals surface area (Å²) in [7, 11) is 0. The Bertz CT molecular complexity index is 875.